The molecule has 0 radical (unpaired) electrons. The highest BCUT2D eigenvalue weighted by Gasteiger charge is 2.38. The van der Waals surface area contributed by atoms with Crippen LogP contribution in [0.4, 0.5) is 27.9 Å². The maximum absolute atomic E-state index is 13.5. The summed E-state index contributed by atoms with van der Waals surface area (Å²) >= 11 is 0. The third-order valence-corrected chi connectivity index (χ3v) is 8.36. The number of nitrogens with one attached hydrogen (secondary N) is 2. The molecule has 3 N–H and O–H groups in total. The predicted molar refractivity (Wildman–Crippen MR) is 150 cm³/mol. The lowest BCUT2D eigenvalue weighted by atomic mass is 9.94. The van der Waals surface area contributed by atoms with Crippen LogP contribution in [-0.4, -0.2) is 67.1 Å². The standard InChI is InChI=1S/C27H29N7O5S/c1-3-24(36)33-14-12-23(21-6-4-5-7-22(21)33)34-17-18-16-28-26(31-25(18)32(2)27(34)37)30-19-8-10-20(11-9-19)40(38,39)29-13-15-35/h3-11,16,23,29,35H,1,12-15,17H2,2H3,(H,28,30,31). The number of benzene rings is 2. The van der Waals surface area contributed by atoms with Crippen molar-refractivity contribution < 1.29 is 23.1 Å². The Balaban J connectivity index is 1.35. The third-order valence-electron chi connectivity index (χ3n) is 6.89. The van der Waals surface area contributed by atoms with Crippen molar-refractivity contribution in [1.29, 1.82) is 0 Å². The Hall–Kier alpha value is -4.33. The Labute approximate surface area is 232 Å². The molecular weight excluding hydrogens is 534 g/mol. The number of aliphatic hydroxyl groups excluding tert-OH is 1. The van der Waals surface area contributed by atoms with Crippen molar-refractivity contribution in [2.45, 2.75) is 23.9 Å². The lowest BCUT2D eigenvalue weighted by Crippen LogP contribution is -2.49. The molecule has 1 atom stereocenters. The molecule has 3 aromatic rings. The lowest BCUT2D eigenvalue weighted by Gasteiger charge is -2.43. The van der Waals surface area contributed by atoms with E-state index in [1.165, 1.54) is 23.1 Å². The molecule has 0 fully saturated rings. The summed E-state index contributed by atoms with van der Waals surface area (Å²) in [5.74, 6) is 0.544. The van der Waals surface area contributed by atoms with Gasteiger partial charge < -0.3 is 20.2 Å². The van der Waals surface area contributed by atoms with Crippen molar-refractivity contribution in [2.75, 3.05) is 41.9 Å². The van der Waals surface area contributed by atoms with Crippen LogP contribution in [0.3, 0.4) is 0 Å². The van der Waals surface area contributed by atoms with E-state index in [1.807, 2.05) is 24.3 Å². The minimum atomic E-state index is -3.72. The van der Waals surface area contributed by atoms with E-state index < -0.39 is 10.0 Å². The molecule has 0 aliphatic carbocycles. The Kier molecular flexibility index (Phi) is 7.52. The van der Waals surface area contributed by atoms with Gasteiger partial charge in [0.15, 0.2) is 0 Å². The second-order valence-corrected chi connectivity index (χ2v) is 11.1. The number of sulfonamides is 1. The highest BCUT2D eigenvalue weighted by atomic mass is 32.2. The number of rotatable bonds is 8. The zero-order valence-electron chi connectivity index (χ0n) is 21.8. The largest absolute Gasteiger partial charge is 0.395 e. The number of hydrogen-bond donors (Lipinski definition) is 3. The van der Waals surface area contributed by atoms with E-state index in [9.17, 15) is 18.0 Å². The number of aromatic nitrogens is 2. The van der Waals surface area contributed by atoms with Gasteiger partial charge in [-0.1, -0.05) is 24.8 Å². The molecule has 40 heavy (non-hydrogen) atoms. The molecule has 1 unspecified atom stereocenters. The first-order valence-electron chi connectivity index (χ1n) is 12.6. The SMILES string of the molecule is C=CC(=O)N1CCC(N2Cc3cnc(Nc4ccc(S(=O)(=O)NCCO)cc4)nc3N(C)C2=O)c2ccccc21. The first kappa shape index (κ1) is 27.2. The van der Waals surface area contributed by atoms with Gasteiger partial charge in [-0.3, -0.25) is 9.69 Å². The van der Waals surface area contributed by atoms with Gasteiger partial charge in [0, 0.05) is 43.3 Å². The van der Waals surface area contributed by atoms with Gasteiger partial charge in [-0.05, 0) is 48.4 Å². The topological polar surface area (TPSA) is 148 Å². The van der Waals surface area contributed by atoms with Crippen LogP contribution < -0.4 is 19.8 Å². The molecule has 0 saturated heterocycles. The summed E-state index contributed by atoms with van der Waals surface area (Å²) in [7, 11) is -2.06. The highest BCUT2D eigenvalue weighted by molar-refractivity contribution is 7.89. The molecule has 5 rings (SSSR count). The van der Waals surface area contributed by atoms with Crippen LogP contribution in [0, 0.1) is 0 Å². The van der Waals surface area contributed by atoms with E-state index in [4.69, 9.17) is 5.11 Å². The van der Waals surface area contributed by atoms with E-state index in [0.717, 1.165) is 16.8 Å². The molecule has 2 aliphatic heterocycles. The number of hydrogen-bond acceptors (Lipinski definition) is 8. The van der Waals surface area contributed by atoms with Gasteiger partial charge in [0.25, 0.3) is 0 Å². The number of urea groups is 1. The third kappa shape index (κ3) is 5.13. The smallest absolute Gasteiger partial charge is 0.326 e. The Bertz CT molecular complexity index is 1560. The number of anilines is 4. The lowest BCUT2D eigenvalue weighted by molar-refractivity contribution is -0.114. The fourth-order valence-corrected chi connectivity index (χ4v) is 5.97. The van der Waals surface area contributed by atoms with Gasteiger partial charge in [-0.15, -0.1) is 0 Å². The average molecular weight is 564 g/mol. The Morgan fingerprint density at radius 1 is 1.20 bits per heavy atom. The van der Waals surface area contributed by atoms with Crippen molar-refractivity contribution in [3.05, 3.63) is 78.5 Å². The van der Waals surface area contributed by atoms with E-state index in [0.29, 0.717) is 31.0 Å². The summed E-state index contributed by atoms with van der Waals surface area (Å²) in [6.07, 6.45) is 3.54. The summed E-state index contributed by atoms with van der Waals surface area (Å²) in [6, 6.07) is 13.2. The van der Waals surface area contributed by atoms with Gasteiger partial charge in [0.05, 0.1) is 24.1 Å². The quantitative estimate of drug-likeness (QED) is 0.354. The van der Waals surface area contributed by atoms with Crippen molar-refractivity contribution >= 4 is 45.1 Å². The Morgan fingerprint density at radius 3 is 2.67 bits per heavy atom. The number of amides is 3. The molecule has 0 bridgehead atoms. The van der Waals surface area contributed by atoms with Crippen LogP contribution in [0.5, 0.6) is 0 Å². The zero-order chi connectivity index (χ0) is 28.4. The zero-order valence-corrected chi connectivity index (χ0v) is 22.6. The van der Waals surface area contributed by atoms with Crippen LogP contribution in [-0.2, 0) is 21.4 Å². The first-order chi connectivity index (χ1) is 19.2. The first-order valence-corrected chi connectivity index (χ1v) is 14.1. The molecule has 12 nitrogen and oxygen atoms in total. The second kappa shape index (κ2) is 11.0. The predicted octanol–water partition coefficient (Wildman–Crippen LogP) is 2.53. The number of carbonyl (C=O) groups is 2. The Morgan fingerprint density at radius 2 is 1.95 bits per heavy atom. The van der Waals surface area contributed by atoms with Crippen molar-refractivity contribution in [3.63, 3.8) is 0 Å². The van der Waals surface area contributed by atoms with Crippen molar-refractivity contribution in [3.8, 4) is 0 Å². The molecule has 208 valence electrons. The number of aliphatic hydroxyl groups is 1. The molecule has 13 heteroatoms. The van der Waals surface area contributed by atoms with Gasteiger partial charge in [0.1, 0.15) is 5.82 Å². The number of carbonyl (C=O) groups excluding carboxylic acids is 2. The second-order valence-electron chi connectivity index (χ2n) is 9.34. The van der Waals surface area contributed by atoms with E-state index in [-0.39, 0.29) is 42.0 Å². The monoisotopic (exact) mass is 563 g/mol. The molecule has 0 spiro atoms. The fraction of sp³-hybridized carbons (Fsp3) is 0.259. The molecule has 3 amide bonds. The van der Waals surface area contributed by atoms with Gasteiger partial charge in [-0.2, -0.15) is 4.98 Å². The summed E-state index contributed by atoms with van der Waals surface area (Å²) < 4.78 is 26.7. The minimum Gasteiger partial charge on any atom is -0.395 e. The van der Waals surface area contributed by atoms with Crippen LogP contribution in [0.15, 0.2) is 72.3 Å². The van der Waals surface area contributed by atoms with Crippen LogP contribution in [0.1, 0.15) is 23.6 Å². The molecule has 2 aliphatic rings. The van der Waals surface area contributed by atoms with E-state index in [1.54, 1.807) is 35.2 Å². The van der Waals surface area contributed by atoms with Crippen LogP contribution in [0.25, 0.3) is 0 Å². The maximum Gasteiger partial charge on any atom is 0.326 e. The molecule has 2 aromatic carbocycles. The fourth-order valence-electron chi connectivity index (χ4n) is 4.95. The number of para-hydroxylation sites is 1. The average Bonchev–Trinajstić information content (AvgIpc) is 2.97. The molecule has 3 heterocycles. The number of nitrogens with zero attached hydrogens (tertiary/aromatic N) is 5. The molecule has 0 saturated carbocycles. The van der Waals surface area contributed by atoms with Gasteiger partial charge in [-0.25, -0.2) is 22.9 Å². The minimum absolute atomic E-state index is 0.0598. The van der Waals surface area contributed by atoms with Gasteiger partial charge >= 0.3 is 6.03 Å². The maximum atomic E-state index is 13.5. The highest BCUT2D eigenvalue weighted by Crippen LogP contribution is 2.41. The summed E-state index contributed by atoms with van der Waals surface area (Å²) in [4.78, 5) is 39.9. The molecule has 1 aromatic heterocycles. The summed E-state index contributed by atoms with van der Waals surface area (Å²) in [6.45, 7) is 4.00. The number of fused-ring (bicyclic) bond motifs is 2. The summed E-state index contributed by atoms with van der Waals surface area (Å²) in [5, 5.41) is 11.9. The molecular formula is C27H29N7O5S. The van der Waals surface area contributed by atoms with Gasteiger partial charge in [0.2, 0.25) is 21.9 Å². The van der Waals surface area contributed by atoms with Crippen molar-refractivity contribution in [2.24, 2.45) is 0 Å². The normalized spacial score (nSPS) is 16.8. The van der Waals surface area contributed by atoms with Crippen molar-refractivity contribution in [1.82, 2.24) is 19.6 Å². The van der Waals surface area contributed by atoms with Crippen LogP contribution in [0.2, 0.25) is 0 Å². The van der Waals surface area contributed by atoms with E-state index >= 15 is 0 Å². The summed E-state index contributed by atoms with van der Waals surface area (Å²) in [5.41, 5.74) is 2.99. The van der Waals surface area contributed by atoms with E-state index in [2.05, 4.69) is 26.6 Å². The van der Waals surface area contributed by atoms with Crippen LogP contribution >= 0.6 is 0 Å².